The van der Waals surface area contributed by atoms with Gasteiger partial charge in [-0.3, -0.25) is 0 Å². The number of carboxylic acid groups (broad SMARTS) is 1. The maximum Gasteiger partial charge on any atom is 0.339 e. The molecule has 0 atom stereocenters. The summed E-state index contributed by atoms with van der Waals surface area (Å²) >= 11 is 5.26. The van der Waals surface area contributed by atoms with Crippen molar-refractivity contribution in [3.8, 4) is 5.75 Å². The molecule has 0 saturated heterocycles. The number of carbonyl (C=O) groups is 1. The Morgan fingerprint density at radius 1 is 1.50 bits per heavy atom. The molecule has 3 nitrogen and oxygen atoms in total. The van der Waals surface area contributed by atoms with Crippen molar-refractivity contribution in [1.82, 2.24) is 0 Å². The zero-order valence-electron chi connectivity index (χ0n) is 5.71. The molecule has 0 bridgehead atoms. The third-order valence-corrected chi connectivity index (χ3v) is 1.59. The molecule has 1 aromatic rings. The van der Waals surface area contributed by atoms with Crippen molar-refractivity contribution in [2.75, 3.05) is 0 Å². The second-order valence-electron chi connectivity index (χ2n) is 2.06. The van der Waals surface area contributed by atoms with Crippen LogP contribution in [0.5, 0.6) is 5.75 Å². The molecular weight excluding hydrogens is 187 g/mol. The van der Waals surface area contributed by atoms with Gasteiger partial charge in [-0.05, 0) is 12.1 Å². The first-order valence-electron chi connectivity index (χ1n) is 2.94. The smallest absolute Gasteiger partial charge is 0.339 e. The lowest BCUT2D eigenvalue weighted by Gasteiger charge is -2.00. The largest absolute Gasteiger partial charge is 0.504 e. The van der Waals surface area contributed by atoms with Gasteiger partial charge in [-0.1, -0.05) is 11.6 Å². The monoisotopic (exact) mass is 190 g/mol. The third-order valence-electron chi connectivity index (χ3n) is 1.30. The van der Waals surface area contributed by atoms with Crippen LogP contribution in [0.3, 0.4) is 0 Å². The van der Waals surface area contributed by atoms with Gasteiger partial charge < -0.3 is 10.2 Å². The molecule has 0 aromatic heterocycles. The van der Waals surface area contributed by atoms with Gasteiger partial charge in [-0.25, -0.2) is 9.18 Å². The molecule has 64 valence electrons. The van der Waals surface area contributed by atoms with Crippen molar-refractivity contribution in [2.45, 2.75) is 0 Å². The van der Waals surface area contributed by atoms with Crippen LogP contribution in [-0.2, 0) is 0 Å². The fourth-order valence-corrected chi connectivity index (χ4v) is 0.865. The number of aromatic carboxylic acids is 1. The summed E-state index contributed by atoms with van der Waals surface area (Å²) in [7, 11) is 0. The van der Waals surface area contributed by atoms with E-state index in [9.17, 15) is 9.18 Å². The summed E-state index contributed by atoms with van der Waals surface area (Å²) < 4.78 is 12.7. The molecule has 12 heavy (non-hydrogen) atoms. The predicted octanol–water partition coefficient (Wildman–Crippen LogP) is 1.88. The molecular formula is C7H4ClFO3. The van der Waals surface area contributed by atoms with Crippen molar-refractivity contribution in [3.63, 3.8) is 0 Å². The Bertz CT molecular complexity index is 338. The Labute approximate surface area is 72.0 Å². The highest BCUT2D eigenvalue weighted by atomic mass is 35.5. The van der Waals surface area contributed by atoms with Crippen LogP contribution in [0.4, 0.5) is 4.39 Å². The number of halogens is 2. The molecule has 0 aliphatic rings. The number of carboxylic acids is 1. The highest BCUT2D eigenvalue weighted by Gasteiger charge is 2.15. The van der Waals surface area contributed by atoms with E-state index in [1.54, 1.807) is 0 Å². The molecule has 0 unspecified atom stereocenters. The minimum Gasteiger partial charge on any atom is -0.504 e. The van der Waals surface area contributed by atoms with Gasteiger partial charge in [0.05, 0.1) is 5.02 Å². The number of benzene rings is 1. The second kappa shape index (κ2) is 2.98. The van der Waals surface area contributed by atoms with E-state index in [2.05, 4.69) is 0 Å². The SMILES string of the molecule is O=C(O)c1ccc(Cl)c(F)c1O. The summed E-state index contributed by atoms with van der Waals surface area (Å²) in [6.07, 6.45) is 0. The molecule has 1 aromatic carbocycles. The zero-order chi connectivity index (χ0) is 9.30. The van der Waals surface area contributed by atoms with E-state index in [4.69, 9.17) is 21.8 Å². The van der Waals surface area contributed by atoms with Crippen LogP contribution in [0.25, 0.3) is 0 Å². The molecule has 0 amide bonds. The van der Waals surface area contributed by atoms with E-state index in [-0.39, 0.29) is 5.02 Å². The first-order chi connectivity index (χ1) is 5.54. The van der Waals surface area contributed by atoms with Crippen LogP contribution in [0, 0.1) is 5.82 Å². The topological polar surface area (TPSA) is 57.5 Å². The van der Waals surface area contributed by atoms with Gasteiger partial charge in [0.25, 0.3) is 0 Å². The molecule has 0 saturated carbocycles. The number of rotatable bonds is 1. The van der Waals surface area contributed by atoms with Crippen LogP contribution >= 0.6 is 11.6 Å². The van der Waals surface area contributed by atoms with Gasteiger partial charge in [-0.15, -0.1) is 0 Å². The van der Waals surface area contributed by atoms with Crippen molar-refractivity contribution in [1.29, 1.82) is 0 Å². The molecule has 0 aliphatic carbocycles. The maximum absolute atomic E-state index is 12.7. The van der Waals surface area contributed by atoms with E-state index in [0.29, 0.717) is 0 Å². The standard InChI is InChI=1S/C7H4ClFO3/c8-4-2-1-3(7(11)12)6(10)5(4)9/h1-2,10H,(H,11,12). The second-order valence-corrected chi connectivity index (χ2v) is 2.47. The van der Waals surface area contributed by atoms with Crippen LogP contribution in [0.1, 0.15) is 10.4 Å². The quantitative estimate of drug-likeness (QED) is 0.711. The number of hydrogen-bond acceptors (Lipinski definition) is 2. The predicted molar refractivity (Wildman–Crippen MR) is 40.0 cm³/mol. The number of aromatic hydroxyl groups is 1. The van der Waals surface area contributed by atoms with E-state index in [1.807, 2.05) is 0 Å². The lowest BCUT2D eigenvalue weighted by Crippen LogP contribution is -1.98. The van der Waals surface area contributed by atoms with Gasteiger partial charge in [0.2, 0.25) is 0 Å². The average Bonchev–Trinajstić information content (AvgIpc) is 2.00. The fraction of sp³-hybridized carbons (Fsp3) is 0. The molecule has 0 heterocycles. The van der Waals surface area contributed by atoms with E-state index >= 15 is 0 Å². The molecule has 5 heteroatoms. The van der Waals surface area contributed by atoms with E-state index < -0.39 is 23.1 Å². The van der Waals surface area contributed by atoms with E-state index in [0.717, 1.165) is 12.1 Å². The summed E-state index contributed by atoms with van der Waals surface area (Å²) in [4.78, 5) is 10.3. The minimum atomic E-state index is -1.40. The molecule has 0 spiro atoms. The van der Waals surface area contributed by atoms with Gasteiger partial charge in [0.15, 0.2) is 11.6 Å². The Morgan fingerprint density at radius 3 is 2.58 bits per heavy atom. The first kappa shape index (κ1) is 8.80. The summed E-state index contributed by atoms with van der Waals surface area (Å²) in [6, 6.07) is 2.10. The van der Waals surface area contributed by atoms with Gasteiger partial charge >= 0.3 is 5.97 Å². The average molecular weight is 191 g/mol. The van der Waals surface area contributed by atoms with Crippen molar-refractivity contribution in [3.05, 3.63) is 28.5 Å². The summed E-state index contributed by atoms with van der Waals surface area (Å²) in [6.45, 7) is 0. The molecule has 0 fully saturated rings. The molecule has 0 aliphatic heterocycles. The number of hydrogen-bond donors (Lipinski definition) is 2. The fourth-order valence-electron chi connectivity index (χ4n) is 0.713. The lowest BCUT2D eigenvalue weighted by atomic mass is 10.2. The van der Waals surface area contributed by atoms with Crippen LogP contribution < -0.4 is 0 Å². The third kappa shape index (κ3) is 1.33. The summed E-state index contributed by atoms with van der Waals surface area (Å²) in [5.74, 6) is -3.45. The van der Waals surface area contributed by atoms with Crippen molar-refractivity contribution < 1.29 is 19.4 Å². The lowest BCUT2D eigenvalue weighted by molar-refractivity contribution is 0.0693. The molecule has 0 radical (unpaired) electrons. The Kier molecular flexibility index (Phi) is 2.19. The Hall–Kier alpha value is -1.29. The van der Waals surface area contributed by atoms with Crippen LogP contribution in [0.15, 0.2) is 12.1 Å². The first-order valence-corrected chi connectivity index (χ1v) is 3.32. The normalized spacial score (nSPS) is 9.83. The van der Waals surface area contributed by atoms with E-state index in [1.165, 1.54) is 0 Å². The van der Waals surface area contributed by atoms with Crippen LogP contribution in [0.2, 0.25) is 5.02 Å². The zero-order valence-corrected chi connectivity index (χ0v) is 6.47. The van der Waals surface area contributed by atoms with Crippen LogP contribution in [-0.4, -0.2) is 16.2 Å². The van der Waals surface area contributed by atoms with Crippen molar-refractivity contribution >= 4 is 17.6 Å². The molecule has 2 N–H and O–H groups in total. The number of phenols is 1. The van der Waals surface area contributed by atoms with Crippen molar-refractivity contribution in [2.24, 2.45) is 0 Å². The Balaban J connectivity index is 3.36. The van der Waals surface area contributed by atoms with Gasteiger partial charge in [0, 0.05) is 0 Å². The van der Waals surface area contributed by atoms with Gasteiger partial charge in [0.1, 0.15) is 5.56 Å². The van der Waals surface area contributed by atoms with Gasteiger partial charge in [-0.2, -0.15) is 0 Å². The minimum absolute atomic E-state index is 0.308. The highest BCUT2D eigenvalue weighted by molar-refractivity contribution is 6.31. The highest BCUT2D eigenvalue weighted by Crippen LogP contribution is 2.27. The molecule has 1 rings (SSSR count). The maximum atomic E-state index is 12.7. The summed E-state index contributed by atoms with van der Waals surface area (Å²) in [5.41, 5.74) is -0.503. The summed E-state index contributed by atoms with van der Waals surface area (Å²) in [5, 5.41) is 17.0. The Morgan fingerprint density at radius 2 is 2.08 bits per heavy atom.